The first-order valence-corrected chi connectivity index (χ1v) is 11.3. The third-order valence-corrected chi connectivity index (χ3v) is 6.18. The van der Waals surface area contributed by atoms with E-state index in [1.54, 1.807) is 24.3 Å². The Balaban J connectivity index is 1.94. The number of halogens is 1. The molecule has 0 unspecified atom stereocenters. The molecule has 180 valence electrons. The van der Waals surface area contributed by atoms with Crippen LogP contribution in [0.1, 0.15) is 10.4 Å². The van der Waals surface area contributed by atoms with E-state index < -0.39 is 26.6 Å². The van der Waals surface area contributed by atoms with E-state index in [2.05, 4.69) is 10.0 Å². The summed E-state index contributed by atoms with van der Waals surface area (Å²) >= 11 is 0. The number of nitrogens with one attached hydrogen (secondary N) is 2. The van der Waals surface area contributed by atoms with Crippen molar-refractivity contribution in [3.8, 4) is 23.0 Å². The van der Waals surface area contributed by atoms with Gasteiger partial charge in [-0.1, -0.05) is 12.1 Å². The molecule has 11 heteroatoms. The molecule has 0 bridgehead atoms. The Kier molecular flexibility index (Phi) is 7.47. The van der Waals surface area contributed by atoms with Gasteiger partial charge in [0.2, 0.25) is 0 Å². The first-order chi connectivity index (χ1) is 16.2. The van der Waals surface area contributed by atoms with Gasteiger partial charge in [0.25, 0.3) is 15.9 Å². The summed E-state index contributed by atoms with van der Waals surface area (Å²) in [6.45, 7) is 0. The lowest BCUT2D eigenvalue weighted by atomic mass is 10.1. The van der Waals surface area contributed by atoms with Gasteiger partial charge in [-0.2, -0.15) is 0 Å². The number of hydrogen-bond acceptors (Lipinski definition) is 7. The standard InChI is InChI=1S/C23H23FN2O7S/c1-30-14-9-10-18(19(11-14)31-2)25-23(27)15-7-5-6-8-17(15)26-34(28,29)22-13-21(33-4)20(32-3)12-16(22)24/h5-13,26H,1-4H3,(H,25,27). The van der Waals surface area contributed by atoms with E-state index in [-0.39, 0.29) is 22.7 Å². The van der Waals surface area contributed by atoms with Crippen LogP contribution in [-0.4, -0.2) is 42.8 Å². The minimum absolute atomic E-state index is 0.00447. The highest BCUT2D eigenvalue weighted by Crippen LogP contribution is 2.33. The summed E-state index contributed by atoms with van der Waals surface area (Å²) in [5.74, 6) is -0.725. The van der Waals surface area contributed by atoms with E-state index in [0.717, 1.165) is 12.1 Å². The number of sulfonamides is 1. The molecule has 0 saturated carbocycles. The van der Waals surface area contributed by atoms with Gasteiger partial charge < -0.3 is 24.3 Å². The van der Waals surface area contributed by atoms with Crippen molar-refractivity contribution in [3.63, 3.8) is 0 Å². The van der Waals surface area contributed by atoms with E-state index in [1.807, 2.05) is 0 Å². The molecule has 0 spiro atoms. The van der Waals surface area contributed by atoms with Gasteiger partial charge >= 0.3 is 0 Å². The number of benzene rings is 3. The number of carbonyl (C=O) groups excluding carboxylic acids is 1. The first kappa shape index (κ1) is 24.6. The van der Waals surface area contributed by atoms with Crippen LogP contribution in [0.15, 0.2) is 59.5 Å². The quantitative estimate of drug-likeness (QED) is 0.468. The Labute approximate surface area is 196 Å². The molecule has 0 atom stereocenters. The van der Waals surface area contributed by atoms with E-state index in [1.165, 1.54) is 46.6 Å². The molecular weight excluding hydrogens is 467 g/mol. The highest BCUT2D eigenvalue weighted by Gasteiger charge is 2.25. The summed E-state index contributed by atoms with van der Waals surface area (Å²) in [4.78, 5) is 12.3. The third kappa shape index (κ3) is 5.15. The molecule has 3 aromatic rings. The van der Waals surface area contributed by atoms with Gasteiger partial charge in [0.15, 0.2) is 11.5 Å². The van der Waals surface area contributed by atoms with Crippen molar-refractivity contribution in [3.05, 3.63) is 66.0 Å². The zero-order chi connectivity index (χ0) is 24.9. The molecule has 0 aromatic heterocycles. The number of rotatable bonds is 9. The van der Waals surface area contributed by atoms with Crippen LogP contribution in [0.25, 0.3) is 0 Å². The second-order valence-electron chi connectivity index (χ2n) is 6.81. The summed E-state index contributed by atoms with van der Waals surface area (Å²) in [5, 5.41) is 2.67. The Morgan fingerprint density at radius 3 is 2.09 bits per heavy atom. The third-order valence-electron chi connectivity index (χ3n) is 4.80. The average molecular weight is 491 g/mol. The Morgan fingerprint density at radius 2 is 1.44 bits per heavy atom. The molecule has 34 heavy (non-hydrogen) atoms. The van der Waals surface area contributed by atoms with Crippen LogP contribution in [0.5, 0.6) is 23.0 Å². The zero-order valence-electron chi connectivity index (χ0n) is 18.8. The molecule has 0 aliphatic carbocycles. The van der Waals surface area contributed by atoms with Crippen molar-refractivity contribution in [1.29, 1.82) is 0 Å². The summed E-state index contributed by atoms with van der Waals surface area (Å²) in [6.07, 6.45) is 0. The molecule has 0 aliphatic heterocycles. The predicted octanol–water partition coefficient (Wildman–Crippen LogP) is 3.91. The van der Waals surface area contributed by atoms with Crippen molar-refractivity contribution < 1.29 is 36.6 Å². The van der Waals surface area contributed by atoms with Crippen molar-refractivity contribution in [2.45, 2.75) is 4.90 Å². The lowest BCUT2D eigenvalue weighted by molar-refractivity contribution is 0.102. The van der Waals surface area contributed by atoms with E-state index in [0.29, 0.717) is 17.2 Å². The topological polar surface area (TPSA) is 112 Å². The predicted molar refractivity (Wildman–Crippen MR) is 124 cm³/mol. The smallest absolute Gasteiger partial charge is 0.264 e. The maximum absolute atomic E-state index is 14.6. The van der Waals surface area contributed by atoms with Gasteiger partial charge in [0, 0.05) is 18.2 Å². The lowest BCUT2D eigenvalue weighted by Gasteiger charge is -2.16. The number of para-hydroxylation sites is 1. The number of amides is 1. The fourth-order valence-corrected chi connectivity index (χ4v) is 4.26. The molecule has 0 radical (unpaired) electrons. The van der Waals surface area contributed by atoms with Gasteiger partial charge in [-0.25, -0.2) is 12.8 Å². The van der Waals surface area contributed by atoms with Gasteiger partial charge in [0.1, 0.15) is 22.2 Å². The Hall–Kier alpha value is -3.99. The summed E-state index contributed by atoms with van der Waals surface area (Å²) in [6, 6.07) is 12.6. The van der Waals surface area contributed by atoms with Crippen LogP contribution in [0, 0.1) is 5.82 Å². The molecule has 3 rings (SSSR count). The number of ether oxygens (including phenoxy) is 4. The normalized spacial score (nSPS) is 10.9. The maximum Gasteiger partial charge on any atom is 0.264 e. The van der Waals surface area contributed by atoms with Crippen LogP contribution in [0.3, 0.4) is 0 Å². The largest absolute Gasteiger partial charge is 0.497 e. The minimum atomic E-state index is -4.43. The summed E-state index contributed by atoms with van der Waals surface area (Å²) in [5.41, 5.74) is 0.295. The molecule has 1 amide bonds. The Morgan fingerprint density at radius 1 is 0.794 bits per heavy atom. The molecule has 9 nitrogen and oxygen atoms in total. The van der Waals surface area contributed by atoms with E-state index in [9.17, 15) is 17.6 Å². The number of methoxy groups -OCH3 is 4. The van der Waals surface area contributed by atoms with Crippen LogP contribution < -0.4 is 29.0 Å². The molecule has 3 aromatic carbocycles. The Bertz CT molecular complexity index is 1310. The van der Waals surface area contributed by atoms with Crippen LogP contribution >= 0.6 is 0 Å². The second kappa shape index (κ2) is 10.3. The van der Waals surface area contributed by atoms with Crippen molar-refractivity contribution >= 4 is 27.3 Å². The summed E-state index contributed by atoms with van der Waals surface area (Å²) < 4.78 is 63.3. The van der Waals surface area contributed by atoms with Crippen LogP contribution in [-0.2, 0) is 10.0 Å². The van der Waals surface area contributed by atoms with Gasteiger partial charge in [-0.15, -0.1) is 0 Å². The van der Waals surface area contributed by atoms with E-state index >= 15 is 0 Å². The zero-order valence-corrected chi connectivity index (χ0v) is 19.7. The van der Waals surface area contributed by atoms with Crippen molar-refractivity contribution in [2.75, 3.05) is 38.5 Å². The number of hydrogen-bond donors (Lipinski definition) is 2. The van der Waals surface area contributed by atoms with Crippen molar-refractivity contribution in [1.82, 2.24) is 0 Å². The highest BCUT2D eigenvalue weighted by atomic mass is 32.2. The number of carbonyl (C=O) groups is 1. The van der Waals surface area contributed by atoms with Gasteiger partial charge in [0.05, 0.1) is 45.4 Å². The summed E-state index contributed by atoms with van der Waals surface area (Å²) in [7, 11) is 1.10. The molecule has 0 heterocycles. The first-order valence-electron chi connectivity index (χ1n) is 9.80. The number of anilines is 2. The molecular formula is C23H23FN2O7S. The van der Waals surface area contributed by atoms with Gasteiger partial charge in [-0.05, 0) is 24.3 Å². The van der Waals surface area contributed by atoms with Crippen molar-refractivity contribution in [2.24, 2.45) is 0 Å². The highest BCUT2D eigenvalue weighted by molar-refractivity contribution is 7.92. The molecule has 2 N–H and O–H groups in total. The molecule has 0 aliphatic rings. The minimum Gasteiger partial charge on any atom is -0.497 e. The average Bonchev–Trinajstić information content (AvgIpc) is 2.83. The molecule has 0 fully saturated rings. The van der Waals surface area contributed by atoms with E-state index in [4.69, 9.17) is 18.9 Å². The van der Waals surface area contributed by atoms with Crippen LogP contribution in [0.4, 0.5) is 15.8 Å². The monoisotopic (exact) mass is 490 g/mol. The fraction of sp³-hybridized carbons (Fsp3) is 0.174. The van der Waals surface area contributed by atoms with Gasteiger partial charge in [-0.3, -0.25) is 9.52 Å². The fourth-order valence-electron chi connectivity index (χ4n) is 3.10. The SMILES string of the molecule is COc1ccc(NC(=O)c2ccccc2NS(=O)(=O)c2cc(OC)c(OC)cc2F)c(OC)c1. The van der Waals surface area contributed by atoms with Crippen LogP contribution in [0.2, 0.25) is 0 Å². The second-order valence-corrected chi connectivity index (χ2v) is 8.46. The maximum atomic E-state index is 14.6. The lowest BCUT2D eigenvalue weighted by Crippen LogP contribution is -2.19. The molecule has 0 saturated heterocycles.